The van der Waals surface area contributed by atoms with Crippen LogP contribution in [0.4, 0.5) is 5.69 Å². The molecule has 4 nitrogen and oxygen atoms in total. The molecule has 3 rings (SSSR count). The van der Waals surface area contributed by atoms with Crippen molar-refractivity contribution in [2.75, 3.05) is 18.5 Å². The van der Waals surface area contributed by atoms with E-state index in [1.165, 1.54) is 5.56 Å². The number of carbonyl (C=O) groups excluding carboxylic acids is 1. The Morgan fingerprint density at radius 3 is 2.38 bits per heavy atom. The van der Waals surface area contributed by atoms with E-state index in [1.54, 1.807) is 0 Å². The molecule has 1 saturated heterocycles. The van der Waals surface area contributed by atoms with Crippen molar-refractivity contribution < 1.29 is 14.3 Å². The third kappa shape index (κ3) is 4.64. The zero-order chi connectivity index (χ0) is 21.0. The van der Waals surface area contributed by atoms with Gasteiger partial charge in [0.1, 0.15) is 5.75 Å². The van der Waals surface area contributed by atoms with Crippen molar-refractivity contribution in [1.29, 1.82) is 0 Å². The third-order valence-corrected chi connectivity index (χ3v) is 5.96. The summed E-state index contributed by atoms with van der Waals surface area (Å²) in [7, 11) is 0. The lowest BCUT2D eigenvalue weighted by molar-refractivity contribution is -0.125. The minimum absolute atomic E-state index is 0.0424. The van der Waals surface area contributed by atoms with Crippen LogP contribution in [0, 0.1) is 20.8 Å². The molecule has 0 aliphatic carbocycles. The monoisotopic (exact) mass is 395 g/mol. The second kappa shape index (κ2) is 9.00. The quantitative estimate of drug-likeness (QED) is 0.705. The summed E-state index contributed by atoms with van der Waals surface area (Å²) in [6.07, 6.45) is 2.50. The molecular weight excluding hydrogens is 362 g/mol. The van der Waals surface area contributed by atoms with Gasteiger partial charge in [0.25, 0.3) is 0 Å². The lowest BCUT2D eigenvalue weighted by atomic mass is 9.73. The van der Waals surface area contributed by atoms with E-state index in [0.717, 1.165) is 34.5 Å². The van der Waals surface area contributed by atoms with Crippen molar-refractivity contribution in [3.8, 4) is 5.75 Å². The number of benzene rings is 2. The topological polar surface area (TPSA) is 47.6 Å². The number of ether oxygens (including phenoxy) is 2. The van der Waals surface area contributed by atoms with Gasteiger partial charge in [-0.05, 0) is 75.8 Å². The molecule has 1 N–H and O–H groups in total. The summed E-state index contributed by atoms with van der Waals surface area (Å²) < 4.78 is 11.7. The molecular formula is C25H33NO3. The summed E-state index contributed by atoms with van der Waals surface area (Å²) in [5, 5.41) is 3.20. The van der Waals surface area contributed by atoms with Crippen LogP contribution in [0.25, 0.3) is 0 Å². The van der Waals surface area contributed by atoms with Crippen molar-refractivity contribution in [3.63, 3.8) is 0 Å². The van der Waals surface area contributed by atoms with Crippen LogP contribution in [-0.2, 0) is 14.9 Å². The summed E-state index contributed by atoms with van der Waals surface area (Å²) in [6.45, 7) is 11.5. The minimum atomic E-state index is -0.558. The average Bonchev–Trinajstić information content (AvgIpc) is 2.71. The molecule has 1 aliphatic heterocycles. The van der Waals surface area contributed by atoms with E-state index in [0.29, 0.717) is 26.1 Å². The molecule has 0 aromatic heterocycles. The van der Waals surface area contributed by atoms with E-state index in [2.05, 4.69) is 44.3 Å². The molecule has 0 spiro atoms. The first-order chi connectivity index (χ1) is 13.9. The second-order valence-corrected chi connectivity index (χ2v) is 8.29. The van der Waals surface area contributed by atoms with Gasteiger partial charge < -0.3 is 14.8 Å². The van der Waals surface area contributed by atoms with Gasteiger partial charge in [-0.2, -0.15) is 0 Å². The van der Waals surface area contributed by atoms with E-state index in [1.807, 2.05) is 32.0 Å². The first kappa shape index (κ1) is 21.4. The predicted octanol–water partition coefficient (Wildman–Crippen LogP) is 5.48. The average molecular weight is 396 g/mol. The molecule has 2 aromatic carbocycles. The zero-order valence-electron chi connectivity index (χ0n) is 18.3. The van der Waals surface area contributed by atoms with Crippen molar-refractivity contribution >= 4 is 11.6 Å². The van der Waals surface area contributed by atoms with Gasteiger partial charge in [0.15, 0.2) is 0 Å². The van der Waals surface area contributed by atoms with Gasteiger partial charge in [-0.25, -0.2) is 0 Å². The summed E-state index contributed by atoms with van der Waals surface area (Å²) in [5.74, 6) is 0.956. The van der Waals surface area contributed by atoms with Crippen molar-refractivity contribution in [2.24, 2.45) is 0 Å². The van der Waals surface area contributed by atoms with Crippen LogP contribution in [0.1, 0.15) is 55.4 Å². The number of nitrogens with one attached hydrogen (secondary N) is 1. The Balaban J connectivity index is 1.89. The SMILES string of the molecule is CCC(C)Oc1c(C)cc(NC(=O)C2(c3cccc(C)c3)CCOCC2)cc1C. The van der Waals surface area contributed by atoms with Crippen LogP contribution < -0.4 is 10.1 Å². The predicted molar refractivity (Wildman–Crippen MR) is 118 cm³/mol. The Labute approximate surface area is 174 Å². The van der Waals surface area contributed by atoms with Gasteiger partial charge in [-0.3, -0.25) is 4.79 Å². The van der Waals surface area contributed by atoms with Gasteiger partial charge in [-0.1, -0.05) is 36.8 Å². The smallest absolute Gasteiger partial charge is 0.235 e. The largest absolute Gasteiger partial charge is 0.490 e. The summed E-state index contributed by atoms with van der Waals surface area (Å²) in [4.78, 5) is 13.5. The normalized spacial score (nSPS) is 16.9. The Kier molecular flexibility index (Phi) is 6.63. The number of rotatable bonds is 6. The highest BCUT2D eigenvalue weighted by molar-refractivity contribution is 5.99. The molecule has 1 atom stereocenters. The molecule has 0 radical (unpaired) electrons. The maximum Gasteiger partial charge on any atom is 0.235 e. The summed E-state index contributed by atoms with van der Waals surface area (Å²) >= 11 is 0. The van der Waals surface area contributed by atoms with Crippen LogP contribution >= 0.6 is 0 Å². The summed E-state index contributed by atoms with van der Waals surface area (Å²) in [5.41, 5.74) is 4.58. The van der Waals surface area contributed by atoms with Crippen LogP contribution in [-0.4, -0.2) is 25.2 Å². The third-order valence-electron chi connectivity index (χ3n) is 5.96. The maximum absolute atomic E-state index is 13.5. The van der Waals surface area contributed by atoms with E-state index in [9.17, 15) is 4.79 Å². The number of hydrogen-bond donors (Lipinski definition) is 1. The van der Waals surface area contributed by atoms with Crippen LogP contribution in [0.2, 0.25) is 0 Å². The number of anilines is 1. The minimum Gasteiger partial charge on any atom is -0.490 e. The van der Waals surface area contributed by atoms with Crippen molar-refractivity contribution in [1.82, 2.24) is 0 Å². The molecule has 1 aliphatic rings. The van der Waals surface area contributed by atoms with E-state index in [-0.39, 0.29) is 12.0 Å². The molecule has 1 unspecified atom stereocenters. The fourth-order valence-corrected chi connectivity index (χ4v) is 4.05. The standard InChI is InChI=1S/C25H33NO3/c1-6-20(5)29-23-18(3)15-22(16-19(23)4)26-24(27)25(10-12-28-13-11-25)21-9-7-8-17(2)14-21/h7-9,14-16,20H,6,10-13H2,1-5H3,(H,26,27). The summed E-state index contributed by atoms with van der Waals surface area (Å²) in [6, 6.07) is 12.3. The van der Waals surface area contributed by atoms with Gasteiger partial charge in [0, 0.05) is 18.9 Å². The zero-order valence-corrected chi connectivity index (χ0v) is 18.3. The Morgan fingerprint density at radius 2 is 1.79 bits per heavy atom. The van der Waals surface area contributed by atoms with Gasteiger partial charge >= 0.3 is 0 Å². The number of aryl methyl sites for hydroxylation is 3. The van der Waals surface area contributed by atoms with Gasteiger partial charge in [0.05, 0.1) is 11.5 Å². The molecule has 1 amide bonds. The molecule has 29 heavy (non-hydrogen) atoms. The van der Waals surface area contributed by atoms with Gasteiger partial charge in [0.2, 0.25) is 5.91 Å². The first-order valence-electron chi connectivity index (χ1n) is 10.6. The van der Waals surface area contributed by atoms with E-state index < -0.39 is 5.41 Å². The number of amides is 1. The number of carbonyl (C=O) groups is 1. The van der Waals surface area contributed by atoms with Gasteiger partial charge in [-0.15, -0.1) is 0 Å². The van der Waals surface area contributed by atoms with Crippen LogP contribution in [0.3, 0.4) is 0 Å². The lowest BCUT2D eigenvalue weighted by Crippen LogP contribution is -2.44. The molecule has 156 valence electrons. The highest BCUT2D eigenvalue weighted by Gasteiger charge is 2.41. The Hall–Kier alpha value is -2.33. The van der Waals surface area contributed by atoms with Crippen LogP contribution in [0.15, 0.2) is 36.4 Å². The molecule has 0 bridgehead atoms. The first-order valence-corrected chi connectivity index (χ1v) is 10.6. The number of hydrogen-bond acceptors (Lipinski definition) is 3. The fourth-order valence-electron chi connectivity index (χ4n) is 4.05. The van der Waals surface area contributed by atoms with Crippen molar-refractivity contribution in [3.05, 3.63) is 58.7 Å². The van der Waals surface area contributed by atoms with Crippen molar-refractivity contribution in [2.45, 2.75) is 65.4 Å². The highest BCUT2D eigenvalue weighted by Crippen LogP contribution is 2.37. The maximum atomic E-state index is 13.5. The lowest BCUT2D eigenvalue weighted by Gasteiger charge is -2.36. The molecule has 0 saturated carbocycles. The Morgan fingerprint density at radius 1 is 1.14 bits per heavy atom. The molecule has 1 heterocycles. The molecule has 1 fully saturated rings. The second-order valence-electron chi connectivity index (χ2n) is 8.29. The Bertz CT molecular complexity index is 845. The van der Waals surface area contributed by atoms with Crippen LogP contribution in [0.5, 0.6) is 5.75 Å². The highest BCUT2D eigenvalue weighted by atomic mass is 16.5. The molecule has 2 aromatic rings. The fraction of sp³-hybridized carbons (Fsp3) is 0.480. The van der Waals surface area contributed by atoms with E-state index >= 15 is 0 Å². The van der Waals surface area contributed by atoms with E-state index in [4.69, 9.17) is 9.47 Å². The molecule has 4 heteroatoms.